The van der Waals surface area contributed by atoms with Gasteiger partial charge in [0.15, 0.2) is 0 Å². The van der Waals surface area contributed by atoms with Crippen LogP contribution in [0.3, 0.4) is 0 Å². The van der Waals surface area contributed by atoms with Gasteiger partial charge in [-0.2, -0.15) is 0 Å². The van der Waals surface area contributed by atoms with E-state index in [4.69, 9.17) is 11.6 Å². The Kier molecular flexibility index (Phi) is 5.14. The second kappa shape index (κ2) is 7.47. The van der Waals surface area contributed by atoms with E-state index in [2.05, 4.69) is 12.1 Å². The van der Waals surface area contributed by atoms with Gasteiger partial charge in [-0.1, -0.05) is 60.1 Å². The summed E-state index contributed by atoms with van der Waals surface area (Å²) in [5, 5.41) is 0.661. The number of nitrogens with zero attached hydrogens (tertiary/aromatic N) is 1. The van der Waals surface area contributed by atoms with E-state index in [1.54, 1.807) is 12.2 Å². The lowest BCUT2D eigenvalue weighted by molar-refractivity contribution is -0.126. The third-order valence-electron chi connectivity index (χ3n) is 4.01. The van der Waals surface area contributed by atoms with Gasteiger partial charge in [0, 0.05) is 24.2 Å². The van der Waals surface area contributed by atoms with Crippen molar-refractivity contribution >= 4 is 23.6 Å². The van der Waals surface area contributed by atoms with Gasteiger partial charge in [0.05, 0.1) is 0 Å². The van der Waals surface area contributed by atoms with Gasteiger partial charge in [-0.25, -0.2) is 0 Å². The van der Waals surface area contributed by atoms with E-state index in [9.17, 15) is 4.79 Å². The Hall–Kier alpha value is -2.06. The molecule has 0 heterocycles. The Balaban J connectivity index is 1.71. The van der Waals surface area contributed by atoms with E-state index >= 15 is 0 Å². The minimum absolute atomic E-state index is 0.0423. The monoisotopic (exact) mass is 325 g/mol. The lowest BCUT2D eigenvalue weighted by Crippen LogP contribution is -2.31. The number of amides is 1. The summed E-state index contributed by atoms with van der Waals surface area (Å²) in [5.74, 6) is 0.706. The first-order valence-electron chi connectivity index (χ1n) is 7.98. The van der Waals surface area contributed by atoms with Gasteiger partial charge in [0.2, 0.25) is 5.91 Å². The summed E-state index contributed by atoms with van der Waals surface area (Å²) in [7, 11) is 0. The highest BCUT2D eigenvalue weighted by molar-refractivity contribution is 6.32. The SMILES string of the molecule is O=C(/C=C/c1ccccc1Cl)N(Cc1ccccc1)CC1CC1. The normalized spacial score (nSPS) is 14.1. The average molecular weight is 326 g/mol. The summed E-state index contributed by atoms with van der Waals surface area (Å²) in [6.07, 6.45) is 5.89. The van der Waals surface area contributed by atoms with Crippen molar-refractivity contribution in [3.8, 4) is 0 Å². The van der Waals surface area contributed by atoms with Crippen molar-refractivity contribution in [2.24, 2.45) is 5.92 Å². The number of halogens is 1. The van der Waals surface area contributed by atoms with Gasteiger partial charge < -0.3 is 4.90 Å². The topological polar surface area (TPSA) is 20.3 Å². The summed E-state index contributed by atoms with van der Waals surface area (Å²) in [6.45, 7) is 1.49. The third kappa shape index (κ3) is 4.70. The van der Waals surface area contributed by atoms with E-state index in [0.717, 1.165) is 17.7 Å². The van der Waals surface area contributed by atoms with Crippen LogP contribution < -0.4 is 0 Å². The first-order chi connectivity index (χ1) is 11.2. The zero-order chi connectivity index (χ0) is 16.1. The Morgan fingerprint density at radius 1 is 1.09 bits per heavy atom. The molecule has 0 spiro atoms. The highest BCUT2D eigenvalue weighted by atomic mass is 35.5. The molecule has 2 nitrogen and oxygen atoms in total. The average Bonchev–Trinajstić information content (AvgIpc) is 3.38. The van der Waals surface area contributed by atoms with Gasteiger partial charge in [-0.3, -0.25) is 4.79 Å². The van der Waals surface area contributed by atoms with Gasteiger partial charge in [-0.15, -0.1) is 0 Å². The fourth-order valence-corrected chi connectivity index (χ4v) is 2.72. The van der Waals surface area contributed by atoms with E-state index < -0.39 is 0 Å². The molecule has 0 bridgehead atoms. The summed E-state index contributed by atoms with van der Waals surface area (Å²) in [5.41, 5.74) is 2.03. The molecule has 1 aliphatic rings. The lowest BCUT2D eigenvalue weighted by Gasteiger charge is -2.21. The molecule has 0 saturated heterocycles. The molecule has 0 aromatic heterocycles. The van der Waals surface area contributed by atoms with Crippen molar-refractivity contribution in [1.29, 1.82) is 0 Å². The minimum Gasteiger partial charge on any atom is -0.335 e. The van der Waals surface area contributed by atoms with Crippen LogP contribution in [0.25, 0.3) is 6.08 Å². The number of carbonyl (C=O) groups excluding carboxylic acids is 1. The molecule has 1 fully saturated rings. The van der Waals surface area contributed by atoms with Crippen LogP contribution in [0.5, 0.6) is 0 Å². The molecular formula is C20H20ClNO. The van der Waals surface area contributed by atoms with E-state index in [0.29, 0.717) is 17.5 Å². The molecule has 2 aromatic carbocycles. The Bertz CT molecular complexity index is 692. The number of rotatable bonds is 6. The number of carbonyl (C=O) groups is 1. The maximum absolute atomic E-state index is 12.6. The van der Waals surface area contributed by atoms with Gasteiger partial charge in [0.25, 0.3) is 0 Å². The second-order valence-electron chi connectivity index (χ2n) is 6.00. The molecule has 118 valence electrons. The maximum Gasteiger partial charge on any atom is 0.246 e. The Labute approximate surface area is 142 Å². The standard InChI is InChI=1S/C20H20ClNO/c21-19-9-5-4-8-18(19)12-13-20(23)22(15-17-10-11-17)14-16-6-2-1-3-7-16/h1-9,12-13,17H,10-11,14-15H2/b13-12+. The molecule has 0 atom stereocenters. The lowest BCUT2D eigenvalue weighted by atomic mass is 10.2. The first-order valence-corrected chi connectivity index (χ1v) is 8.35. The third-order valence-corrected chi connectivity index (χ3v) is 4.36. The van der Waals surface area contributed by atoms with Crippen LogP contribution in [0, 0.1) is 5.92 Å². The van der Waals surface area contributed by atoms with Gasteiger partial charge in [0.1, 0.15) is 0 Å². The number of benzene rings is 2. The van der Waals surface area contributed by atoms with Crippen molar-refractivity contribution < 1.29 is 4.79 Å². The molecule has 1 saturated carbocycles. The van der Waals surface area contributed by atoms with Crippen LogP contribution >= 0.6 is 11.6 Å². The van der Waals surface area contributed by atoms with E-state index in [-0.39, 0.29) is 5.91 Å². The molecule has 0 radical (unpaired) electrons. The van der Waals surface area contributed by atoms with Crippen molar-refractivity contribution in [3.05, 3.63) is 76.8 Å². The van der Waals surface area contributed by atoms with Crippen molar-refractivity contribution in [1.82, 2.24) is 4.90 Å². The zero-order valence-electron chi connectivity index (χ0n) is 13.0. The molecule has 0 aliphatic heterocycles. The van der Waals surface area contributed by atoms with Crippen LogP contribution in [-0.2, 0) is 11.3 Å². The minimum atomic E-state index is 0.0423. The molecule has 2 aromatic rings. The predicted octanol–water partition coefficient (Wildman–Crippen LogP) is 4.79. The smallest absolute Gasteiger partial charge is 0.246 e. The largest absolute Gasteiger partial charge is 0.335 e. The molecular weight excluding hydrogens is 306 g/mol. The van der Waals surface area contributed by atoms with E-state index in [1.807, 2.05) is 47.4 Å². The summed E-state index contributed by atoms with van der Waals surface area (Å²) in [4.78, 5) is 14.5. The van der Waals surface area contributed by atoms with Crippen LogP contribution in [-0.4, -0.2) is 17.4 Å². The zero-order valence-corrected chi connectivity index (χ0v) is 13.7. The van der Waals surface area contributed by atoms with Gasteiger partial charge in [-0.05, 0) is 42.0 Å². The molecule has 3 rings (SSSR count). The fourth-order valence-electron chi connectivity index (χ4n) is 2.53. The van der Waals surface area contributed by atoms with E-state index in [1.165, 1.54) is 12.8 Å². The molecule has 0 N–H and O–H groups in total. The molecule has 23 heavy (non-hydrogen) atoms. The Morgan fingerprint density at radius 3 is 2.48 bits per heavy atom. The quantitative estimate of drug-likeness (QED) is 0.699. The molecule has 1 aliphatic carbocycles. The summed E-state index contributed by atoms with van der Waals surface area (Å²) in [6, 6.07) is 17.7. The maximum atomic E-state index is 12.6. The highest BCUT2D eigenvalue weighted by Gasteiger charge is 2.26. The predicted molar refractivity (Wildman–Crippen MR) is 95.1 cm³/mol. The van der Waals surface area contributed by atoms with Crippen LogP contribution in [0.4, 0.5) is 0 Å². The highest BCUT2D eigenvalue weighted by Crippen LogP contribution is 2.30. The fraction of sp³-hybridized carbons (Fsp3) is 0.250. The number of hydrogen-bond acceptors (Lipinski definition) is 1. The molecule has 3 heteroatoms. The van der Waals surface area contributed by atoms with Gasteiger partial charge >= 0.3 is 0 Å². The summed E-state index contributed by atoms with van der Waals surface area (Å²) < 4.78 is 0. The molecule has 0 unspecified atom stereocenters. The van der Waals surface area contributed by atoms with Crippen molar-refractivity contribution in [3.63, 3.8) is 0 Å². The molecule has 1 amide bonds. The summed E-state index contributed by atoms with van der Waals surface area (Å²) >= 11 is 6.14. The first kappa shape index (κ1) is 15.8. The Morgan fingerprint density at radius 2 is 1.78 bits per heavy atom. The van der Waals surface area contributed by atoms with Crippen LogP contribution in [0.15, 0.2) is 60.7 Å². The van der Waals surface area contributed by atoms with Crippen LogP contribution in [0.2, 0.25) is 5.02 Å². The number of hydrogen-bond donors (Lipinski definition) is 0. The van der Waals surface area contributed by atoms with Crippen LogP contribution in [0.1, 0.15) is 24.0 Å². The van der Waals surface area contributed by atoms with Crippen molar-refractivity contribution in [2.45, 2.75) is 19.4 Å². The van der Waals surface area contributed by atoms with Crippen molar-refractivity contribution in [2.75, 3.05) is 6.54 Å². The second-order valence-corrected chi connectivity index (χ2v) is 6.41.